The molecule has 0 bridgehead atoms. The normalized spacial score (nSPS) is 10.0. The largest absolute Gasteiger partial charge is 0.127 e. The molecule has 0 heterocycles. The van der Waals surface area contributed by atoms with Crippen LogP contribution >= 0.6 is 11.6 Å². The van der Waals surface area contributed by atoms with Gasteiger partial charge in [0.25, 0.3) is 0 Å². The molecule has 0 rings (SSSR count). The molecule has 0 radical (unpaired) electrons. The predicted octanol–water partition coefficient (Wildman–Crippen LogP) is 4.14. The van der Waals surface area contributed by atoms with E-state index >= 15 is 0 Å². The number of hydrogen-bond donors (Lipinski definition) is 0. The second-order valence-corrected chi connectivity index (χ2v) is 3.54. The smallest absolute Gasteiger partial charge is 0.0223 e. The van der Waals surface area contributed by atoms with Gasteiger partial charge in [-0.3, -0.25) is 0 Å². The Morgan fingerprint density at radius 1 is 1.09 bits per heavy atom. The van der Waals surface area contributed by atoms with Crippen molar-refractivity contribution in [2.24, 2.45) is 0 Å². The molecular formula is C10H19Cl. The van der Waals surface area contributed by atoms with Gasteiger partial charge >= 0.3 is 0 Å². The van der Waals surface area contributed by atoms with E-state index < -0.39 is 0 Å². The van der Waals surface area contributed by atoms with Crippen LogP contribution in [0.2, 0.25) is 0 Å². The Labute approximate surface area is 75.6 Å². The second kappa shape index (κ2) is 8.13. The molecular weight excluding hydrogens is 156 g/mol. The van der Waals surface area contributed by atoms with Gasteiger partial charge in [-0.25, -0.2) is 0 Å². The summed E-state index contributed by atoms with van der Waals surface area (Å²) in [5.41, 5.74) is 1.31. The van der Waals surface area contributed by atoms with Crippen LogP contribution in [0.1, 0.15) is 45.4 Å². The predicted molar refractivity (Wildman–Crippen MR) is 53.2 cm³/mol. The third-order valence-electron chi connectivity index (χ3n) is 1.74. The molecule has 0 aromatic rings. The molecule has 0 N–H and O–H groups in total. The lowest BCUT2D eigenvalue weighted by atomic mass is 10.1. The molecule has 0 aliphatic carbocycles. The lowest BCUT2D eigenvalue weighted by Crippen LogP contribution is -1.80. The molecule has 0 aliphatic heterocycles. The van der Waals surface area contributed by atoms with E-state index in [9.17, 15) is 0 Å². The quantitative estimate of drug-likeness (QED) is 0.309. The first kappa shape index (κ1) is 11.0. The van der Waals surface area contributed by atoms with Crippen molar-refractivity contribution in [3.8, 4) is 0 Å². The maximum atomic E-state index is 5.55. The fraction of sp³-hybridized carbons (Fsp3) is 0.800. The van der Waals surface area contributed by atoms with Gasteiger partial charge in [-0.1, -0.05) is 24.8 Å². The van der Waals surface area contributed by atoms with E-state index in [1.165, 1.54) is 44.1 Å². The van der Waals surface area contributed by atoms with Crippen molar-refractivity contribution in [2.75, 3.05) is 5.88 Å². The third kappa shape index (κ3) is 10.0. The molecule has 0 aromatic carbocycles. The summed E-state index contributed by atoms with van der Waals surface area (Å²) in [6.07, 6.45) is 7.64. The lowest BCUT2D eigenvalue weighted by molar-refractivity contribution is 0.632. The number of rotatable bonds is 7. The fourth-order valence-corrected chi connectivity index (χ4v) is 1.24. The highest BCUT2D eigenvalue weighted by Crippen LogP contribution is 2.09. The van der Waals surface area contributed by atoms with Crippen molar-refractivity contribution in [1.29, 1.82) is 0 Å². The van der Waals surface area contributed by atoms with Gasteiger partial charge in [0.05, 0.1) is 0 Å². The Kier molecular flexibility index (Phi) is 8.15. The summed E-state index contributed by atoms with van der Waals surface area (Å²) in [5.74, 6) is 0.820. The van der Waals surface area contributed by atoms with Crippen molar-refractivity contribution in [3.05, 3.63) is 12.2 Å². The van der Waals surface area contributed by atoms with Crippen molar-refractivity contribution in [1.82, 2.24) is 0 Å². The zero-order valence-corrected chi connectivity index (χ0v) is 8.29. The van der Waals surface area contributed by atoms with Crippen LogP contribution in [0.5, 0.6) is 0 Å². The molecule has 0 aliphatic rings. The van der Waals surface area contributed by atoms with Crippen LogP contribution in [0, 0.1) is 0 Å². The maximum absolute atomic E-state index is 5.55. The molecule has 11 heavy (non-hydrogen) atoms. The molecule has 0 saturated carbocycles. The van der Waals surface area contributed by atoms with Crippen LogP contribution in [-0.2, 0) is 0 Å². The minimum absolute atomic E-state index is 0.820. The highest BCUT2D eigenvalue weighted by Gasteiger charge is 1.90. The Morgan fingerprint density at radius 2 is 1.64 bits per heavy atom. The van der Waals surface area contributed by atoms with Crippen molar-refractivity contribution < 1.29 is 0 Å². The summed E-state index contributed by atoms with van der Waals surface area (Å²) in [7, 11) is 0. The van der Waals surface area contributed by atoms with Crippen molar-refractivity contribution in [2.45, 2.75) is 45.4 Å². The van der Waals surface area contributed by atoms with Gasteiger partial charge in [0.15, 0.2) is 0 Å². The Morgan fingerprint density at radius 3 is 2.18 bits per heavy atom. The zero-order valence-electron chi connectivity index (χ0n) is 7.53. The summed E-state index contributed by atoms with van der Waals surface area (Å²) in [6.45, 7) is 5.96. The maximum Gasteiger partial charge on any atom is 0.0223 e. The number of alkyl halides is 1. The van der Waals surface area contributed by atoms with E-state index in [0.29, 0.717) is 0 Å². The molecule has 0 spiro atoms. The second-order valence-electron chi connectivity index (χ2n) is 3.16. The first-order chi connectivity index (χ1) is 5.27. The molecule has 0 unspecified atom stereocenters. The van der Waals surface area contributed by atoms with E-state index in [2.05, 4.69) is 13.5 Å². The average molecular weight is 175 g/mol. The summed E-state index contributed by atoms with van der Waals surface area (Å²) < 4.78 is 0. The van der Waals surface area contributed by atoms with Gasteiger partial charge in [-0.15, -0.1) is 18.2 Å². The molecule has 0 nitrogen and oxygen atoms in total. The zero-order chi connectivity index (χ0) is 8.53. The SMILES string of the molecule is C=C(C)CCCCCCCCl. The van der Waals surface area contributed by atoms with E-state index in [4.69, 9.17) is 11.6 Å². The summed E-state index contributed by atoms with van der Waals surface area (Å²) in [5, 5.41) is 0. The van der Waals surface area contributed by atoms with E-state index in [1.807, 2.05) is 0 Å². The Balaban J connectivity index is 2.85. The number of halogens is 1. The van der Waals surface area contributed by atoms with Crippen LogP contribution in [-0.4, -0.2) is 5.88 Å². The van der Waals surface area contributed by atoms with Gasteiger partial charge in [0, 0.05) is 5.88 Å². The van der Waals surface area contributed by atoms with E-state index in [-0.39, 0.29) is 0 Å². The van der Waals surface area contributed by atoms with Gasteiger partial charge in [0.2, 0.25) is 0 Å². The van der Waals surface area contributed by atoms with Crippen LogP contribution in [0.25, 0.3) is 0 Å². The number of unbranched alkanes of at least 4 members (excludes halogenated alkanes) is 4. The molecule has 0 fully saturated rings. The minimum Gasteiger partial charge on any atom is -0.127 e. The monoisotopic (exact) mass is 174 g/mol. The van der Waals surface area contributed by atoms with Gasteiger partial charge in [-0.2, -0.15) is 0 Å². The first-order valence-corrected chi connectivity index (χ1v) is 5.01. The summed E-state index contributed by atoms with van der Waals surface area (Å²) in [4.78, 5) is 0. The summed E-state index contributed by atoms with van der Waals surface area (Å²) >= 11 is 5.55. The Hall–Kier alpha value is 0.0300. The van der Waals surface area contributed by atoms with Crippen LogP contribution in [0.15, 0.2) is 12.2 Å². The van der Waals surface area contributed by atoms with Crippen LogP contribution in [0.4, 0.5) is 0 Å². The molecule has 66 valence electrons. The topological polar surface area (TPSA) is 0 Å². The van der Waals surface area contributed by atoms with Crippen molar-refractivity contribution >= 4 is 11.6 Å². The highest BCUT2D eigenvalue weighted by atomic mass is 35.5. The standard InChI is InChI=1S/C10H19Cl/c1-10(2)8-6-4-3-5-7-9-11/h1,3-9H2,2H3. The molecule has 0 atom stereocenters. The minimum atomic E-state index is 0.820. The van der Waals surface area contributed by atoms with Gasteiger partial charge in [0.1, 0.15) is 0 Å². The van der Waals surface area contributed by atoms with E-state index in [1.54, 1.807) is 0 Å². The van der Waals surface area contributed by atoms with Gasteiger partial charge in [-0.05, 0) is 26.2 Å². The lowest BCUT2D eigenvalue weighted by Gasteiger charge is -1.99. The fourth-order valence-electron chi connectivity index (χ4n) is 1.05. The average Bonchev–Trinajstić information content (AvgIpc) is 1.96. The van der Waals surface area contributed by atoms with Crippen LogP contribution in [0.3, 0.4) is 0 Å². The number of allylic oxidation sites excluding steroid dienone is 1. The number of hydrogen-bond acceptors (Lipinski definition) is 0. The molecule has 1 heteroatoms. The highest BCUT2D eigenvalue weighted by molar-refractivity contribution is 6.17. The molecule has 0 saturated heterocycles. The van der Waals surface area contributed by atoms with Crippen molar-refractivity contribution in [3.63, 3.8) is 0 Å². The van der Waals surface area contributed by atoms with E-state index in [0.717, 1.165) is 5.88 Å². The third-order valence-corrected chi connectivity index (χ3v) is 2.00. The Bertz CT molecular complexity index is 97.0. The summed E-state index contributed by atoms with van der Waals surface area (Å²) in [6, 6.07) is 0. The molecule has 0 amide bonds. The van der Waals surface area contributed by atoms with Crippen LogP contribution < -0.4 is 0 Å². The molecule has 0 aromatic heterocycles. The van der Waals surface area contributed by atoms with Gasteiger partial charge < -0.3 is 0 Å². The first-order valence-electron chi connectivity index (χ1n) is 4.47.